The summed E-state index contributed by atoms with van der Waals surface area (Å²) in [6.07, 6.45) is 5.34. The minimum Gasteiger partial charge on any atom is -0.317 e. The van der Waals surface area contributed by atoms with Crippen LogP contribution in [0.5, 0.6) is 0 Å². The van der Waals surface area contributed by atoms with E-state index < -0.39 is 0 Å². The molecule has 25 heavy (non-hydrogen) atoms. The minimum atomic E-state index is 0.425. The summed E-state index contributed by atoms with van der Waals surface area (Å²) in [5, 5.41) is 13.0. The van der Waals surface area contributed by atoms with Gasteiger partial charge in [0.25, 0.3) is 0 Å². The molecule has 1 saturated heterocycles. The summed E-state index contributed by atoms with van der Waals surface area (Å²) in [5.41, 5.74) is 1.31. The van der Waals surface area contributed by atoms with Crippen molar-refractivity contribution in [3.05, 3.63) is 29.6 Å². The van der Waals surface area contributed by atoms with Crippen LogP contribution in [0.2, 0.25) is 0 Å². The summed E-state index contributed by atoms with van der Waals surface area (Å²) >= 11 is 0. The van der Waals surface area contributed by atoms with Crippen molar-refractivity contribution < 1.29 is 0 Å². The van der Waals surface area contributed by atoms with E-state index in [1.165, 1.54) is 18.5 Å². The second-order valence-corrected chi connectivity index (χ2v) is 7.35. The van der Waals surface area contributed by atoms with E-state index in [1.54, 1.807) is 0 Å². The first-order valence-electron chi connectivity index (χ1n) is 9.25. The molecular weight excluding hydrogens is 314 g/mol. The molecule has 0 amide bonds. The Kier molecular flexibility index (Phi) is 5.54. The van der Waals surface area contributed by atoms with Gasteiger partial charge >= 0.3 is 0 Å². The number of aryl methyl sites for hydroxylation is 2. The van der Waals surface area contributed by atoms with Gasteiger partial charge in [0.1, 0.15) is 11.6 Å². The van der Waals surface area contributed by atoms with Gasteiger partial charge in [-0.1, -0.05) is 6.92 Å². The molecule has 0 bridgehead atoms. The summed E-state index contributed by atoms with van der Waals surface area (Å²) in [4.78, 5) is 4.87. The third-order valence-electron chi connectivity index (χ3n) is 5.50. The Morgan fingerprint density at radius 2 is 1.96 bits per heavy atom. The summed E-state index contributed by atoms with van der Waals surface area (Å²) in [7, 11) is 8.54. The summed E-state index contributed by atoms with van der Waals surface area (Å²) in [6, 6.07) is 2.59. The molecule has 0 aromatic carbocycles. The first-order chi connectivity index (χ1) is 12.0. The molecule has 1 aliphatic rings. The normalized spacial score (nSPS) is 22.0. The number of hydrogen-bond acceptors (Lipinski definition) is 5. The molecule has 7 nitrogen and oxygen atoms in total. The topological polar surface area (TPSA) is 55.0 Å². The average molecular weight is 345 g/mol. The van der Waals surface area contributed by atoms with Crippen molar-refractivity contribution in [1.82, 2.24) is 34.3 Å². The quantitative estimate of drug-likeness (QED) is 0.796. The van der Waals surface area contributed by atoms with E-state index >= 15 is 0 Å². The van der Waals surface area contributed by atoms with Crippen molar-refractivity contribution in [1.29, 1.82) is 0 Å². The van der Waals surface area contributed by atoms with Gasteiger partial charge < -0.3 is 4.57 Å². The molecule has 0 N–H and O–H groups in total. The Morgan fingerprint density at radius 1 is 1.20 bits per heavy atom. The number of nitrogens with zero attached hydrogens (tertiary/aromatic N) is 7. The third kappa shape index (κ3) is 3.77. The Balaban J connectivity index is 1.70. The highest BCUT2D eigenvalue weighted by atomic mass is 15.3. The van der Waals surface area contributed by atoms with Crippen LogP contribution in [-0.4, -0.2) is 61.5 Å². The highest BCUT2D eigenvalue weighted by Gasteiger charge is 2.33. The van der Waals surface area contributed by atoms with Gasteiger partial charge in [-0.3, -0.25) is 14.5 Å². The molecule has 0 saturated carbocycles. The van der Waals surface area contributed by atoms with Gasteiger partial charge in [0.15, 0.2) is 0 Å². The van der Waals surface area contributed by atoms with Crippen molar-refractivity contribution in [2.45, 2.75) is 38.8 Å². The Labute approximate surface area is 150 Å². The maximum Gasteiger partial charge on any atom is 0.146 e. The Morgan fingerprint density at radius 3 is 2.60 bits per heavy atom. The smallest absolute Gasteiger partial charge is 0.146 e. The number of aromatic nitrogens is 5. The molecular formula is C18H31N7. The lowest BCUT2D eigenvalue weighted by atomic mass is 9.87. The summed E-state index contributed by atoms with van der Waals surface area (Å²) in [5.74, 6) is 2.69. The molecule has 138 valence electrons. The zero-order chi connectivity index (χ0) is 18.0. The predicted octanol–water partition coefficient (Wildman–Crippen LogP) is 1.63. The zero-order valence-corrected chi connectivity index (χ0v) is 16.2. The Hall–Kier alpha value is -1.73. The molecule has 0 radical (unpaired) electrons. The van der Waals surface area contributed by atoms with Crippen molar-refractivity contribution >= 4 is 0 Å². The first kappa shape index (κ1) is 18.1. The standard InChI is InChI=1S/C18H31N7/c1-6-16-20-21-17(24(16)4)13-22(2)12-14-8-7-11-23(3)18(14)15-9-10-19-25(15)5/h9-10,14,18H,6-8,11-13H2,1-5H3/t14-,18+/m0/s1. The fraction of sp³-hybridized carbons (Fsp3) is 0.722. The van der Waals surface area contributed by atoms with Gasteiger partial charge in [-0.15, -0.1) is 10.2 Å². The van der Waals surface area contributed by atoms with Gasteiger partial charge in [0, 0.05) is 33.3 Å². The van der Waals surface area contributed by atoms with Crippen LogP contribution in [0, 0.1) is 5.92 Å². The maximum absolute atomic E-state index is 4.39. The fourth-order valence-corrected chi connectivity index (χ4v) is 4.14. The second-order valence-electron chi connectivity index (χ2n) is 7.35. The fourth-order valence-electron chi connectivity index (χ4n) is 4.14. The van der Waals surface area contributed by atoms with E-state index in [1.807, 2.05) is 17.9 Å². The Bertz CT molecular complexity index is 689. The molecule has 2 aromatic heterocycles. The van der Waals surface area contributed by atoms with Gasteiger partial charge in [-0.05, 0) is 45.5 Å². The third-order valence-corrected chi connectivity index (χ3v) is 5.50. The van der Waals surface area contributed by atoms with E-state index in [0.717, 1.165) is 37.7 Å². The van der Waals surface area contributed by atoms with Gasteiger partial charge in [-0.25, -0.2) is 0 Å². The molecule has 2 atom stereocenters. The molecule has 0 spiro atoms. The van der Waals surface area contributed by atoms with Crippen LogP contribution >= 0.6 is 0 Å². The molecule has 2 aromatic rings. The number of piperidine rings is 1. The van der Waals surface area contributed by atoms with Crippen molar-refractivity contribution in [3.63, 3.8) is 0 Å². The predicted molar refractivity (Wildman–Crippen MR) is 98.0 cm³/mol. The van der Waals surface area contributed by atoms with E-state index in [9.17, 15) is 0 Å². The van der Waals surface area contributed by atoms with E-state index in [0.29, 0.717) is 12.0 Å². The van der Waals surface area contributed by atoms with Crippen LogP contribution < -0.4 is 0 Å². The van der Waals surface area contributed by atoms with Crippen molar-refractivity contribution in [2.75, 3.05) is 27.2 Å². The highest BCUT2D eigenvalue weighted by molar-refractivity contribution is 5.10. The molecule has 1 aliphatic heterocycles. The lowest BCUT2D eigenvalue weighted by Crippen LogP contribution is -2.41. The van der Waals surface area contributed by atoms with Gasteiger partial charge in [0.05, 0.1) is 18.3 Å². The largest absolute Gasteiger partial charge is 0.317 e. The lowest BCUT2D eigenvalue weighted by molar-refractivity contribution is 0.0864. The maximum atomic E-state index is 4.39. The van der Waals surface area contributed by atoms with Crippen LogP contribution in [0.25, 0.3) is 0 Å². The van der Waals surface area contributed by atoms with E-state index in [-0.39, 0.29) is 0 Å². The van der Waals surface area contributed by atoms with Crippen molar-refractivity contribution in [3.8, 4) is 0 Å². The van der Waals surface area contributed by atoms with Crippen LogP contribution in [0.4, 0.5) is 0 Å². The van der Waals surface area contributed by atoms with Crippen LogP contribution in [0.1, 0.15) is 43.1 Å². The van der Waals surface area contributed by atoms with Crippen molar-refractivity contribution in [2.24, 2.45) is 20.0 Å². The first-order valence-corrected chi connectivity index (χ1v) is 9.25. The van der Waals surface area contributed by atoms with Crippen LogP contribution in [-0.2, 0) is 27.1 Å². The average Bonchev–Trinajstić information content (AvgIpc) is 3.14. The van der Waals surface area contributed by atoms with E-state index in [2.05, 4.69) is 63.8 Å². The molecule has 3 heterocycles. The summed E-state index contributed by atoms with van der Waals surface area (Å²) < 4.78 is 4.15. The monoisotopic (exact) mass is 345 g/mol. The second kappa shape index (κ2) is 7.66. The number of likely N-dealkylation sites (tertiary alicyclic amines) is 1. The minimum absolute atomic E-state index is 0.425. The van der Waals surface area contributed by atoms with Crippen LogP contribution in [0.3, 0.4) is 0 Å². The number of rotatable bonds is 6. The van der Waals surface area contributed by atoms with Gasteiger partial charge in [-0.2, -0.15) is 5.10 Å². The lowest BCUT2D eigenvalue weighted by Gasteiger charge is -2.40. The molecule has 0 unspecified atom stereocenters. The SMILES string of the molecule is CCc1nnc(CN(C)C[C@@H]2CCCN(C)[C@H]2c2ccnn2C)n1C. The highest BCUT2D eigenvalue weighted by Crippen LogP contribution is 2.35. The van der Waals surface area contributed by atoms with Gasteiger partial charge in [0.2, 0.25) is 0 Å². The summed E-state index contributed by atoms with van der Waals surface area (Å²) in [6.45, 7) is 5.16. The molecule has 0 aliphatic carbocycles. The molecule has 1 fully saturated rings. The van der Waals surface area contributed by atoms with Crippen LogP contribution in [0.15, 0.2) is 12.3 Å². The zero-order valence-electron chi connectivity index (χ0n) is 16.2. The molecule has 7 heteroatoms. The molecule has 3 rings (SSSR count). The number of hydrogen-bond donors (Lipinski definition) is 0. The van der Waals surface area contributed by atoms with E-state index in [4.69, 9.17) is 0 Å².